The molecule has 0 unspecified atom stereocenters. The fourth-order valence-corrected chi connectivity index (χ4v) is 5.35. The zero-order chi connectivity index (χ0) is 18.0. The number of nitro groups is 1. The summed E-state index contributed by atoms with van der Waals surface area (Å²) in [7, 11) is -4.12. The second kappa shape index (κ2) is 7.09. The lowest BCUT2D eigenvalue weighted by molar-refractivity contribution is -0.387. The Bertz CT molecular complexity index is 774. The number of nitro benzene ring substituents is 1. The van der Waals surface area contributed by atoms with Gasteiger partial charge in [0.1, 0.15) is 6.04 Å². The summed E-state index contributed by atoms with van der Waals surface area (Å²) in [6.45, 7) is 1.50. The second-order valence-corrected chi connectivity index (χ2v) is 8.24. The number of carbonyl (C=O) groups is 1. The molecule has 1 atom stereocenters. The fourth-order valence-electron chi connectivity index (χ4n) is 3.54. The van der Waals surface area contributed by atoms with Gasteiger partial charge in [0.2, 0.25) is 5.91 Å². The van der Waals surface area contributed by atoms with Crippen molar-refractivity contribution in [1.82, 2.24) is 9.21 Å². The molecule has 25 heavy (non-hydrogen) atoms. The van der Waals surface area contributed by atoms with Crippen molar-refractivity contribution < 1.29 is 18.1 Å². The highest BCUT2D eigenvalue weighted by Crippen LogP contribution is 2.31. The molecule has 0 N–H and O–H groups in total. The second-order valence-electron chi connectivity index (χ2n) is 6.38. The first-order valence-corrected chi connectivity index (χ1v) is 9.91. The topological polar surface area (TPSA) is 101 Å². The Morgan fingerprint density at radius 3 is 2.40 bits per heavy atom. The van der Waals surface area contributed by atoms with Crippen molar-refractivity contribution in [3.05, 3.63) is 34.4 Å². The number of likely N-dealkylation sites (tertiary alicyclic amines) is 1. The van der Waals surface area contributed by atoms with Crippen LogP contribution in [-0.2, 0) is 14.8 Å². The number of piperidine rings is 1. The molecule has 0 radical (unpaired) electrons. The van der Waals surface area contributed by atoms with Crippen LogP contribution in [0.4, 0.5) is 5.69 Å². The summed E-state index contributed by atoms with van der Waals surface area (Å²) in [4.78, 5) is 24.7. The van der Waals surface area contributed by atoms with Crippen LogP contribution in [0.3, 0.4) is 0 Å². The first-order chi connectivity index (χ1) is 11.9. The molecule has 1 aromatic rings. The SMILES string of the molecule is O=C([C@H]1CCCCN1S(=O)(=O)c1ccccc1[N+](=O)[O-])N1CCCC1. The molecule has 136 valence electrons. The Morgan fingerprint density at radius 2 is 1.72 bits per heavy atom. The highest BCUT2D eigenvalue weighted by Gasteiger charge is 2.42. The molecule has 9 heteroatoms. The van der Waals surface area contributed by atoms with E-state index in [-0.39, 0.29) is 17.3 Å². The Hall–Kier alpha value is -2.00. The number of hydrogen-bond donors (Lipinski definition) is 0. The monoisotopic (exact) mass is 367 g/mol. The van der Waals surface area contributed by atoms with Crippen LogP contribution in [0.15, 0.2) is 29.2 Å². The lowest BCUT2D eigenvalue weighted by Crippen LogP contribution is -2.52. The van der Waals surface area contributed by atoms with E-state index in [9.17, 15) is 23.3 Å². The number of amides is 1. The summed E-state index contributed by atoms with van der Waals surface area (Å²) in [5.41, 5.74) is -0.458. The maximum absolute atomic E-state index is 13.1. The highest BCUT2D eigenvalue weighted by atomic mass is 32.2. The van der Waals surface area contributed by atoms with Gasteiger partial charge in [0.25, 0.3) is 15.7 Å². The van der Waals surface area contributed by atoms with E-state index < -0.39 is 26.7 Å². The predicted molar refractivity (Wildman–Crippen MR) is 90.4 cm³/mol. The molecule has 1 amide bonds. The number of rotatable bonds is 4. The van der Waals surface area contributed by atoms with Crippen LogP contribution >= 0.6 is 0 Å². The van der Waals surface area contributed by atoms with Crippen LogP contribution in [0.25, 0.3) is 0 Å². The Morgan fingerprint density at radius 1 is 1.08 bits per heavy atom. The van der Waals surface area contributed by atoms with Crippen molar-refractivity contribution in [2.24, 2.45) is 0 Å². The lowest BCUT2D eigenvalue weighted by Gasteiger charge is -2.35. The molecular formula is C16H21N3O5S. The van der Waals surface area contributed by atoms with Gasteiger partial charge < -0.3 is 4.90 Å². The van der Waals surface area contributed by atoms with Crippen LogP contribution in [0.5, 0.6) is 0 Å². The summed E-state index contributed by atoms with van der Waals surface area (Å²) in [5.74, 6) is -0.181. The zero-order valence-electron chi connectivity index (χ0n) is 13.8. The van der Waals surface area contributed by atoms with Gasteiger partial charge in [-0.25, -0.2) is 8.42 Å². The van der Waals surface area contributed by atoms with E-state index in [0.717, 1.165) is 19.3 Å². The largest absolute Gasteiger partial charge is 0.341 e. The molecule has 2 saturated heterocycles. The summed E-state index contributed by atoms with van der Waals surface area (Å²) in [5, 5.41) is 11.2. The van der Waals surface area contributed by atoms with Crippen molar-refractivity contribution in [1.29, 1.82) is 0 Å². The molecule has 0 spiro atoms. The first kappa shape index (κ1) is 17.8. The van der Waals surface area contributed by atoms with Gasteiger partial charge in [-0.1, -0.05) is 18.6 Å². The van der Waals surface area contributed by atoms with Gasteiger partial charge in [-0.05, 0) is 31.7 Å². The third-order valence-electron chi connectivity index (χ3n) is 4.81. The molecule has 2 aliphatic rings. The van der Waals surface area contributed by atoms with Crippen LogP contribution in [0.1, 0.15) is 32.1 Å². The average Bonchev–Trinajstić information content (AvgIpc) is 3.15. The molecule has 1 aromatic carbocycles. The van der Waals surface area contributed by atoms with Gasteiger partial charge in [-0.15, -0.1) is 0 Å². The maximum Gasteiger partial charge on any atom is 0.289 e. The molecule has 8 nitrogen and oxygen atoms in total. The third-order valence-corrected chi connectivity index (χ3v) is 6.76. The van der Waals surface area contributed by atoms with Crippen LogP contribution in [0.2, 0.25) is 0 Å². The van der Waals surface area contributed by atoms with E-state index >= 15 is 0 Å². The van der Waals surface area contributed by atoms with Crippen LogP contribution < -0.4 is 0 Å². The number of para-hydroxylation sites is 1. The van der Waals surface area contributed by atoms with Gasteiger partial charge in [-0.2, -0.15) is 4.31 Å². The minimum absolute atomic E-state index is 0.181. The summed E-state index contributed by atoms with van der Waals surface area (Å²) in [6.07, 6.45) is 3.72. The number of sulfonamides is 1. The average molecular weight is 367 g/mol. The zero-order valence-corrected chi connectivity index (χ0v) is 14.7. The molecule has 0 bridgehead atoms. The van der Waals surface area contributed by atoms with E-state index in [4.69, 9.17) is 0 Å². The molecule has 0 saturated carbocycles. The standard InChI is InChI=1S/C16H21N3O5S/c20-16(17-10-5-6-11-17)14-8-3-4-12-18(14)25(23,24)15-9-2-1-7-13(15)19(21)22/h1-2,7,9,14H,3-6,8,10-12H2/t14-/m1/s1. The third kappa shape index (κ3) is 3.38. The molecule has 2 aliphatic heterocycles. The maximum atomic E-state index is 13.1. The first-order valence-electron chi connectivity index (χ1n) is 8.47. The number of benzene rings is 1. The molecule has 2 heterocycles. The van der Waals surface area contributed by atoms with Gasteiger partial charge in [-0.3, -0.25) is 14.9 Å². The van der Waals surface area contributed by atoms with Gasteiger partial charge >= 0.3 is 0 Å². The van der Waals surface area contributed by atoms with Gasteiger partial charge in [0.05, 0.1) is 4.92 Å². The van der Waals surface area contributed by atoms with Crippen molar-refractivity contribution in [3.8, 4) is 0 Å². The Balaban J connectivity index is 1.96. The lowest BCUT2D eigenvalue weighted by atomic mass is 10.0. The minimum Gasteiger partial charge on any atom is -0.341 e. The highest BCUT2D eigenvalue weighted by molar-refractivity contribution is 7.89. The number of hydrogen-bond acceptors (Lipinski definition) is 5. The molecule has 0 aliphatic carbocycles. The fraction of sp³-hybridized carbons (Fsp3) is 0.562. The van der Waals surface area contributed by atoms with Crippen molar-refractivity contribution in [2.75, 3.05) is 19.6 Å². The molecule has 2 fully saturated rings. The van der Waals surface area contributed by atoms with E-state index in [1.165, 1.54) is 28.6 Å². The summed E-state index contributed by atoms with van der Waals surface area (Å²) < 4.78 is 27.4. The van der Waals surface area contributed by atoms with Crippen LogP contribution in [-0.4, -0.2) is 54.1 Å². The van der Waals surface area contributed by atoms with Crippen molar-refractivity contribution in [3.63, 3.8) is 0 Å². The quantitative estimate of drug-likeness (QED) is 0.596. The number of carbonyl (C=O) groups excluding carboxylic acids is 1. The number of nitrogens with zero attached hydrogens (tertiary/aromatic N) is 3. The smallest absolute Gasteiger partial charge is 0.289 e. The van der Waals surface area contributed by atoms with Gasteiger partial charge in [0.15, 0.2) is 4.90 Å². The van der Waals surface area contributed by atoms with Crippen molar-refractivity contribution in [2.45, 2.75) is 43.0 Å². The van der Waals surface area contributed by atoms with E-state index in [0.29, 0.717) is 25.9 Å². The van der Waals surface area contributed by atoms with Crippen LogP contribution in [0, 0.1) is 10.1 Å². The Labute approximate surface area is 146 Å². The molecular weight excluding hydrogens is 346 g/mol. The summed E-state index contributed by atoms with van der Waals surface area (Å²) >= 11 is 0. The Kier molecular flexibility index (Phi) is 5.05. The van der Waals surface area contributed by atoms with E-state index in [1.54, 1.807) is 4.90 Å². The molecule has 3 rings (SSSR count). The minimum atomic E-state index is -4.12. The van der Waals surface area contributed by atoms with E-state index in [1.807, 2.05) is 0 Å². The normalized spacial score (nSPS) is 22.1. The van der Waals surface area contributed by atoms with Gasteiger partial charge in [0, 0.05) is 25.7 Å². The summed E-state index contributed by atoms with van der Waals surface area (Å²) in [6, 6.07) is 4.53. The van der Waals surface area contributed by atoms with E-state index in [2.05, 4.69) is 0 Å². The predicted octanol–water partition coefficient (Wildman–Crippen LogP) is 1.76. The van der Waals surface area contributed by atoms with Crippen molar-refractivity contribution >= 4 is 21.6 Å². The molecule has 0 aromatic heterocycles.